The van der Waals surface area contributed by atoms with E-state index < -0.39 is 5.60 Å². The maximum absolute atomic E-state index is 12.6. The van der Waals surface area contributed by atoms with Crippen molar-refractivity contribution < 1.29 is 14.3 Å². The van der Waals surface area contributed by atoms with Gasteiger partial charge >= 0.3 is 6.03 Å². The standard InChI is InChI=1S/C20H21N3O4/c1-2-22-10-5-7-15(18(22)25)21-19(26)23-11-9-20(13-23)12-16(24)14-6-3-4-8-17(14)27-20/h3-8,10H,2,9,11-13H2,1H3,(H,21,26). The van der Waals surface area contributed by atoms with E-state index in [1.165, 1.54) is 4.57 Å². The highest BCUT2D eigenvalue weighted by Crippen LogP contribution is 2.38. The molecule has 1 fully saturated rings. The molecule has 4 rings (SSSR count). The van der Waals surface area contributed by atoms with Gasteiger partial charge in [-0.1, -0.05) is 12.1 Å². The van der Waals surface area contributed by atoms with E-state index in [0.717, 1.165) is 0 Å². The van der Waals surface area contributed by atoms with Gasteiger partial charge < -0.3 is 19.5 Å². The fraction of sp³-hybridized carbons (Fsp3) is 0.350. The molecule has 0 saturated carbocycles. The molecular formula is C20H21N3O4. The summed E-state index contributed by atoms with van der Waals surface area (Å²) < 4.78 is 7.66. The molecule has 1 aromatic carbocycles. The number of aryl methyl sites for hydroxylation is 1. The van der Waals surface area contributed by atoms with Crippen molar-refractivity contribution in [1.29, 1.82) is 0 Å². The van der Waals surface area contributed by atoms with Gasteiger partial charge in [0.2, 0.25) is 0 Å². The molecule has 1 aromatic heterocycles. The van der Waals surface area contributed by atoms with Crippen molar-refractivity contribution in [2.24, 2.45) is 0 Å². The molecule has 7 nitrogen and oxygen atoms in total. The van der Waals surface area contributed by atoms with Crippen molar-refractivity contribution in [2.45, 2.75) is 31.9 Å². The highest BCUT2D eigenvalue weighted by atomic mass is 16.5. The van der Waals surface area contributed by atoms with Crippen LogP contribution < -0.4 is 15.6 Å². The van der Waals surface area contributed by atoms with Crippen LogP contribution in [0.5, 0.6) is 5.75 Å². The van der Waals surface area contributed by atoms with Gasteiger partial charge in [-0.3, -0.25) is 9.59 Å². The van der Waals surface area contributed by atoms with Gasteiger partial charge in [-0.05, 0) is 31.2 Å². The van der Waals surface area contributed by atoms with Gasteiger partial charge in [0.1, 0.15) is 17.0 Å². The average molecular weight is 367 g/mol. The zero-order valence-electron chi connectivity index (χ0n) is 15.1. The lowest BCUT2D eigenvalue weighted by atomic mass is 9.89. The second-order valence-corrected chi connectivity index (χ2v) is 7.00. The van der Waals surface area contributed by atoms with Gasteiger partial charge in [0.05, 0.1) is 18.5 Å². The van der Waals surface area contributed by atoms with Crippen LogP contribution in [-0.4, -0.2) is 40.0 Å². The molecule has 1 unspecified atom stereocenters. The lowest BCUT2D eigenvalue weighted by molar-refractivity contribution is 0.0482. The molecule has 2 aliphatic rings. The summed E-state index contributed by atoms with van der Waals surface area (Å²) in [5.41, 5.74) is -0.0877. The van der Waals surface area contributed by atoms with Gasteiger partial charge in [0, 0.05) is 25.7 Å². The summed E-state index contributed by atoms with van der Waals surface area (Å²) in [5, 5.41) is 2.69. The second kappa shape index (κ2) is 6.57. The summed E-state index contributed by atoms with van der Waals surface area (Å²) in [6.45, 7) is 3.18. The quantitative estimate of drug-likeness (QED) is 0.884. The van der Waals surface area contributed by atoms with Crippen molar-refractivity contribution in [3.63, 3.8) is 0 Å². The number of carbonyl (C=O) groups is 2. The number of ether oxygens (including phenoxy) is 1. The Morgan fingerprint density at radius 2 is 2.04 bits per heavy atom. The van der Waals surface area contributed by atoms with Crippen LogP contribution in [0.25, 0.3) is 0 Å². The number of nitrogens with one attached hydrogen (secondary N) is 1. The molecule has 140 valence electrons. The van der Waals surface area contributed by atoms with Crippen LogP contribution in [0.3, 0.4) is 0 Å². The Morgan fingerprint density at radius 3 is 2.85 bits per heavy atom. The first-order valence-electron chi connectivity index (χ1n) is 9.08. The van der Waals surface area contributed by atoms with Crippen molar-refractivity contribution >= 4 is 17.5 Å². The first kappa shape index (κ1) is 17.3. The molecule has 2 aliphatic heterocycles. The number of urea groups is 1. The topological polar surface area (TPSA) is 80.6 Å². The molecule has 1 saturated heterocycles. The number of aromatic nitrogens is 1. The number of nitrogens with zero attached hydrogens (tertiary/aromatic N) is 2. The molecule has 1 spiro atoms. The zero-order valence-corrected chi connectivity index (χ0v) is 15.1. The number of ketones is 1. The summed E-state index contributed by atoms with van der Waals surface area (Å²) in [4.78, 5) is 39.0. The Hall–Kier alpha value is -3.09. The van der Waals surface area contributed by atoms with Gasteiger partial charge in [-0.15, -0.1) is 0 Å². The van der Waals surface area contributed by atoms with Crippen molar-refractivity contribution in [1.82, 2.24) is 9.47 Å². The number of fused-ring (bicyclic) bond motifs is 1. The number of hydrogen-bond donors (Lipinski definition) is 1. The largest absolute Gasteiger partial charge is 0.484 e. The minimum Gasteiger partial charge on any atom is -0.484 e. The van der Waals surface area contributed by atoms with Gasteiger partial charge in [0.15, 0.2) is 5.78 Å². The van der Waals surface area contributed by atoms with E-state index in [1.54, 1.807) is 35.4 Å². The highest BCUT2D eigenvalue weighted by molar-refractivity contribution is 6.00. The van der Waals surface area contributed by atoms with Crippen LogP contribution in [0.15, 0.2) is 47.4 Å². The number of amides is 2. The Bertz CT molecular complexity index is 968. The van der Waals surface area contributed by atoms with E-state index in [4.69, 9.17) is 4.74 Å². The SMILES string of the molecule is CCn1cccc(NC(=O)N2CCC3(CC(=O)c4ccccc4O3)C2)c1=O. The number of anilines is 1. The minimum atomic E-state index is -0.691. The van der Waals surface area contributed by atoms with Gasteiger partial charge in [0.25, 0.3) is 5.56 Å². The van der Waals surface area contributed by atoms with E-state index in [2.05, 4.69) is 5.32 Å². The molecule has 7 heteroatoms. The lowest BCUT2D eigenvalue weighted by Gasteiger charge is -2.34. The maximum Gasteiger partial charge on any atom is 0.322 e. The predicted molar refractivity (Wildman–Crippen MR) is 100 cm³/mol. The number of rotatable bonds is 2. The number of benzene rings is 1. The zero-order chi connectivity index (χ0) is 19.0. The Labute approximate surface area is 156 Å². The van der Waals surface area contributed by atoms with E-state index in [-0.39, 0.29) is 29.5 Å². The average Bonchev–Trinajstić information content (AvgIpc) is 3.06. The van der Waals surface area contributed by atoms with Crippen LogP contribution in [0.1, 0.15) is 30.1 Å². The van der Waals surface area contributed by atoms with Gasteiger partial charge in [-0.25, -0.2) is 4.79 Å². The van der Waals surface area contributed by atoms with E-state index in [0.29, 0.717) is 37.4 Å². The number of hydrogen-bond acceptors (Lipinski definition) is 4. The summed E-state index contributed by atoms with van der Waals surface area (Å²) in [6.07, 6.45) is 2.51. The molecule has 3 heterocycles. The molecule has 0 radical (unpaired) electrons. The van der Waals surface area contributed by atoms with Gasteiger partial charge in [-0.2, -0.15) is 0 Å². The third-order valence-corrected chi connectivity index (χ3v) is 5.20. The number of para-hydroxylation sites is 1. The van der Waals surface area contributed by atoms with Crippen molar-refractivity contribution in [2.75, 3.05) is 18.4 Å². The number of Topliss-reactive ketones (excluding diaryl/α,β-unsaturated/α-hetero) is 1. The molecule has 1 atom stereocenters. The summed E-state index contributed by atoms with van der Waals surface area (Å²) in [7, 11) is 0. The van der Waals surface area contributed by atoms with E-state index >= 15 is 0 Å². The highest BCUT2D eigenvalue weighted by Gasteiger charge is 2.47. The predicted octanol–water partition coefficient (Wildman–Crippen LogP) is 2.51. The normalized spacial score (nSPS) is 21.1. The van der Waals surface area contributed by atoms with Crippen LogP contribution in [-0.2, 0) is 6.54 Å². The number of likely N-dealkylation sites (tertiary alicyclic amines) is 1. The smallest absolute Gasteiger partial charge is 0.322 e. The number of pyridine rings is 1. The Morgan fingerprint density at radius 1 is 1.22 bits per heavy atom. The molecule has 27 heavy (non-hydrogen) atoms. The first-order chi connectivity index (χ1) is 13.0. The molecule has 2 aromatic rings. The van der Waals surface area contributed by atoms with E-state index in [9.17, 15) is 14.4 Å². The maximum atomic E-state index is 12.6. The third kappa shape index (κ3) is 3.09. The Balaban J connectivity index is 1.50. The van der Waals surface area contributed by atoms with Crippen LogP contribution in [0, 0.1) is 0 Å². The summed E-state index contributed by atoms with van der Waals surface area (Å²) in [6, 6.07) is 10.2. The number of carbonyl (C=O) groups excluding carboxylic acids is 2. The fourth-order valence-corrected chi connectivity index (χ4v) is 3.76. The van der Waals surface area contributed by atoms with Crippen LogP contribution in [0.4, 0.5) is 10.5 Å². The fourth-order valence-electron chi connectivity index (χ4n) is 3.76. The molecule has 2 amide bonds. The first-order valence-corrected chi connectivity index (χ1v) is 9.08. The van der Waals surface area contributed by atoms with Crippen LogP contribution in [0.2, 0.25) is 0 Å². The summed E-state index contributed by atoms with van der Waals surface area (Å²) >= 11 is 0. The van der Waals surface area contributed by atoms with Crippen LogP contribution >= 0.6 is 0 Å². The van der Waals surface area contributed by atoms with Crippen molar-refractivity contribution in [3.8, 4) is 5.75 Å². The van der Waals surface area contributed by atoms with Crippen molar-refractivity contribution in [3.05, 3.63) is 58.5 Å². The monoisotopic (exact) mass is 367 g/mol. The molecule has 0 aliphatic carbocycles. The minimum absolute atomic E-state index is 0.0352. The molecular weight excluding hydrogens is 346 g/mol. The summed E-state index contributed by atoms with van der Waals surface area (Å²) in [5.74, 6) is 0.609. The Kier molecular flexibility index (Phi) is 4.22. The molecule has 0 bridgehead atoms. The lowest BCUT2D eigenvalue weighted by Crippen LogP contribution is -2.46. The third-order valence-electron chi connectivity index (χ3n) is 5.20. The molecule has 1 N–H and O–H groups in total. The second-order valence-electron chi connectivity index (χ2n) is 7.00. The van der Waals surface area contributed by atoms with E-state index in [1.807, 2.05) is 19.1 Å².